The van der Waals surface area contributed by atoms with Gasteiger partial charge in [0.2, 0.25) is 5.91 Å². The van der Waals surface area contributed by atoms with Crippen LogP contribution in [0.2, 0.25) is 0 Å². The number of carbonyl (C=O) groups is 2. The van der Waals surface area contributed by atoms with E-state index < -0.39 is 5.60 Å². The van der Waals surface area contributed by atoms with Gasteiger partial charge < -0.3 is 15.0 Å². The number of likely N-dealkylation sites (N-methyl/N-ethyl adjacent to an activating group) is 1. The highest BCUT2D eigenvalue weighted by Crippen LogP contribution is 2.65. The first-order chi connectivity index (χ1) is 14.1. The topological polar surface area (TPSA) is 61.9 Å². The van der Waals surface area contributed by atoms with Gasteiger partial charge in [-0.25, -0.2) is 0 Å². The van der Waals surface area contributed by atoms with Gasteiger partial charge in [-0.1, -0.05) is 19.1 Å². The molecule has 2 saturated carbocycles. The molecule has 1 aromatic rings. The fraction of sp³-hybridized carbons (Fsp3) is 0.652. The highest BCUT2D eigenvalue weighted by Gasteiger charge is 2.70. The van der Waals surface area contributed by atoms with Gasteiger partial charge in [-0.15, -0.1) is 0 Å². The summed E-state index contributed by atoms with van der Waals surface area (Å²) < 4.78 is 6.39. The molecular weight excluding hydrogens is 366 g/mol. The number of hydrogen-bond acceptors (Lipinski definition) is 5. The van der Waals surface area contributed by atoms with Crippen LogP contribution in [-0.4, -0.2) is 72.9 Å². The van der Waals surface area contributed by atoms with Gasteiger partial charge in [-0.05, 0) is 37.4 Å². The van der Waals surface area contributed by atoms with E-state index in [9.17, 15) is 9.59 Å². The van der Waals surface area contributed by atoms with Crippen LogP contribution in [-0.2, 0) is 4.79 Å². The Morgan fingerprint density at radius 3 is 2.76 bits per heavy atom. The van der Waals surface area contributed by atoms with Gasteiger partial charge in [0.05, 0.1) is 12.0 Å². The first-order valence-corrected chi connectivity index (χ1v) is 11.1. The normalized spacial score (nSPS) is 33.8. The number of fused-ring (bicyclic) bond motifs is 3. The Kier molecular flexibility index (Phi) is 4.87. The summed E-state index contributed by atoms with van der Waals surface area (Å²) >= 11 is 0. The van der Waals surface area contributed by atoms with Crippen LogP contribution in [0.1, 0.15) is 36.5 Å². The van der Waals surface area contributed by atoms with Gasteiger partial charge in [0.1, 0.15) is 11.4 Å². The van der Waals surface area contributed by atoms with Crippen LogP contribution >= 0.6 is 0 Å². The van der Waals surface area contributed by atoms with Crippen LogP contribution in [0.5, 0.6) is 5.75 Å². The summed E-state index contributed by atoms with van der Waals surface area (Å²) in [5.74, 6) is 1.58. The van der Waals surface area contributed by atoms with E-state index in [1.807, 2.05) is 24.3 Å². The molecule has 4 aliphatic rings. The van der Waals surface area contributed by atoms with E-state index in [2.05, 4.69) is 22.0 Å². The van der Waals surface area contributed by atoms with Crippen molar-refractivity contribution in [3.05, 3.63) is 29.8 Å². The maximum atomic E-state index is 12.8. The minimum Gasteiger partial charge on any atom is -0.486 e. The summed E-state index contributed by atoms with van der Waals surface area (Å²) in [5, 5.41) is 3.16. The summed E-state index contributed by atoms with van der Waals surface area (Å²) in [6.07, 6.45) is 2.28. The maximum Gasteiger partial charge on any atom is 0.223 e. The largest absolute Gasteiger partial charge is 0.486 e. The van der Waals surface area contributed by atoms with Gasteiger partial charge in [-0.3, -0.25) is 14.5 Å². The number of Topliss-reactive ketones (excluding diaryl/α,β-unsaturated/α-hetero) is 1. The Balaban J connectivity index is 1.15. The molecule has 4 atom stereocenters. The van der Waals surface area contributed by atoms with E-state index in [4.69, 9.17) is 4.74 Å². The minimum absolute atomic E-state index is 0.0127. The third-order valence-corrected chi connectivity index (χ3v) is 7.58. The smallest absolute Gasteiger partial charge is 0.223 e. The molecule has 1 spiro atoms. The fourth-order valence-electron chi connectivity index (χ4n) is 5.90. The lowest BCUT2D eigenvalue weighted by atomic mass is 9.84. The van der Waals surface area contributed by atoms with Crippen molar-refractivity contribution in [1.82, 2.24) is 15.1 Å². The number of ketones is 1. The number of hydrogen-bond donors (Lipinski definition) is 1. The summed E-state index contributed by atoms with van der Waals surface area (Å²) in [4.78, 5) is 30.4. The molecule has 6 nitrogen and oxygen atoms in total. The third-order valence-electron chi connectivity index (χ3n) is 7.58. The highest BCUT2D eigenvalue weighted by molar-refractivity contribution is 6.00. The van der Waals surface area contributed by atoms with Crippen molar-refractivity contribution in [2.75, 3.05) is 45.8 Å². The zero-order valence-corrected chi connectivity index (χ0v) is 17.2. The first kappa shape index (κ1) is 19.1. The van der Waals surface area contributed by atoms with Gasteiger partial charge >= 0.3 is 0 Å². The number of nitrogens with zero attached hydrogens (tertiary/aromatic N) is 2. The van der Waals surface area contributed by atoms with Crippen molar-refractivity contribution in [2.45, 2.75) is 31.8 Å². The lowest BCUT2D eigenvalue weighted by Gasteiger charge is -2.37. The molecule has 1 aromatic carbocycles. The quantitative estimate of drug-likeness (QED) is 0.821. The number of ether oxygens (including phenoxy) is 1. The second-order valence-corrected chi connectivity index (χ2v) is 9.08. The molecule has 3 fully saturated rings. The number of rotatable bonds is 5. The van der Waals surface area contributed by atoms with Crippen molar-refractivity contribution >= 4 is 11.7 Å². The minimum atomic E-state index is -0.464. The zero-order valence-electron chi connectivity index (χ0n) is 17.2. The molecule has 2 aliphatic heterocycles. The van der Waals surface area contributed by atoms with E-state index in [1.54, 1.807) is 0 Å². The van der Waals surface area contributed by atoms with Crippen molar-refractivity contribution in [3.8, 4) is 5.75 Å². The molecule has 0 radical (unpaired) electrons. The molecular formula is C23H31N3O3. The van der Waals surface area contributed by atoms with Crippen LogP contribution in [0.4, 0.5) is 0 Å². The molecule has 2 aliphatic carbocycles. The molecule has 156 valence electrons. The molecule has 1 amide bonds. The Bertz CT molecular complexity index is 804. The van der Waals surface area contributed by atoms with E-state index in [0.717, 1.165) is 52.1 Å². The lowest BCUT2D eigenvalue weighted by Crippen LogP contribution is -2.48. The maximum absolute atomic E-state index is 12.8. The van der Waals surface area contributed by atoms with E-state index in [0.29, 0.717) is 30.2 Å². The Morgan fingerprint density at radius 1 is 1.21 bits per heavy atom. The predicted molar refractivity (Wildman–Crippen MR) is 110 cm³/mol. The summed E-state index contributed by atoms with van der Waals surface area (Å²) in [6, 6.07) is 7.52. The van der Waals surface area contributed by atoms with Gasteiger partial charge in [-0.2, -0.15) is 0 Å². The molecule has 2 heterocycles. The second-order valence-electron chi connectivity index (χ2n) is 9.08. The fourth-order valence-corrected chi connectivity index (χ4v) is 5.90. The number of carbonyl (C=O) groups excluding carboxylic acids is 2. The van der Waals surface area contributed by atoms with Crippen molar-refractivity contribution < 1.29 is 14.3 Å². The Hall–Kier alpha value is -1.92. The number of benzene rings is 1. The van der Waals surface area contributed by atoms with Crippen LogP contribution in [0.25, 0.3) is 0 Å². The molecule has 0 bridgehead atoms. The molecule has 5 rings (SSSR count). The van der Waals surface area contributed by atoms with E-state index in [1.165, 1.54) is 0 Å². The standard InChI is InChI=1S/C23H31N3O3/c1-2-25-11-13-26(14-12-25)10-9-24-22(28)20-17-7-8-23(21(17)20)15-18(27)16-5-3-4-6-19(16)29-23/h3-6,17,20-21H,2,7-15H2,1H3,(H,24,28). The van der Waals surface area contributed by atoms with Crippen LogP contribution in [0.3, 0.4) is 0 Å². The second kappa shape index (κ2) is 7.40. The highest BCUT2D eigenvalue weighted by atomic mass is 16.5. The number of nitrogens with one attached hydrogen (secondary N) is 1. The monoisotopic (exact) mass is 397 g/mol. The molecule has 6 heteroatoms. The Morgan fingerprint density at radius 2 is 1.97 bits per heavy atom. The molecule has 4 unspecified atom stereocenters. The molecule has 0 aromatic heterocycles. The molecule has 1 N–H and O–H groups in total. The van der Waals surface area contributed by atoms with Crippen LogP contribution in [0.15, 0.2) is 24.3 Å². The molecule has 1 saturated heterocycles. The van der Waals surface area contributed by atoms with Crippen LogP contribution < -0.4 is 10.1 Å². The summed E-state index contributed by atoms with van der Waals surface area (Å²) in [5.41, 5.74) is 0.223. The zero-order chi connectivity index (χ0) is 20.0. The Labute approximate surface area is 172 Å². The van der Waals surface area contributed by atoms with Gasteiger partial charge in [0, 0.05) is 51.1 Å². The average Bonchev–Trinajstić information content (AvgIpc) is 3.39. The number of para-hydroxylation sites is 1. The van der Waals surface area contributed by atoms with Gasteiger partial charge in [0.15, 0.2) is 5.78 Å². The molecule has 29 heavy (non-hydrogen) atoms. The lowest BCUT2D eigenvalue weighted by molar-refractivity contribution is -0.124. The number of amides is 1. The SMILES string of the molecule is CCN1CCN(CCNC(=O)C2C3CCC4(CC(=O)c5ccccc5O4)C32)CC1. The van der Waals surface area contributed by atoms with Crippen LogP contribution in [0, 0.1) is 17.8 Å². The van der Waals surface area contributed by atoms with E-state index >= 15 is 0 Å². The number of piperazine rings is 1. The first-order valence-electron chi connectivity index (χ1n) is 11.1. The average molecular weight is 398 g/mol. The van der Waals surface area contributed by atoms with Crippen molar-refractivity contribution in [3.63, 3.8) is 0 Å². The predicted octanol–water partition coefficient (Wildman–Crippen LogP) is 1.80. The third kappa shape index (κ3) is 3.36. The van der Waals surface area contributed by atoms with Crippen molar-refractivity contribution in [2.24, 2.45) is 17.8 Å². The van der Waals surface area contributed by atoms with E-state index in [-0.39, 0.29) is 23.5 Å². The summed E-state index contributed by atoms with van der Waals surface area (Å²) in [7, 11) is 0. The van der Waals surface area contributed by atoms with Crippen molar-refractivity contribution in [1.29, 1.82) is 0 Å². The summed E-state index contributed by atoms with van der Waals surface area (Å²) in [6.45, 7) is 9.34. The van der Waals surface area contributed by atoms with Gasteiger partial charge in [0.25, 0.3) is 0 Å².